The second-order valence-electron chi connectivity index (χ2n) is 11.3. The second-order valence-corrected chi connectivity index (χ2v) is 11.7. The molecule has 0 saturated heterocycles. The largest absolute Gasteiger partial charge is 0.493 e. The maximum Gasteiger partial charge on any atom is 0.322 e. The summed E-state index contributed by atoms with van der Waals surface area (Å²) < 4.78 is 5.99. The highest BCUT2D eigenvalue weighted by atomic mass is 35.5. The van der Waals surface area contributed by atoms with Crippen molar-refractivity contribution in [1.29, 1.82) is 0 Å². The molecule has 10 nitrogen and oxygen atoms in total. The van der Waals surface area contributed by atoms with Crippen molar-refractivity contribution >= 4 is 35.2 Å². The van der Waals surface area contributed by atoms with Gasteiger partial charge < -0.3 is 15.0 Å². The molecule has 39 heavy (non-hydrogen) atoms. The van der Waals surface area contributed by atoms with Crippen LogP contribution in [0.4, 0.5) is 16.4 Å². The summed E-state index contributed by atoms with van der Waals surface area (Å²) in [6.45, 7) is 7.33. The van der Waals surface area contributed by atoms with Crippen molar-refractivity contribution in [3.63, 3.8) is 0 Å². The molecule has 2 aliphatic rings. The van der Waals surface area contributed by atoms with E-state index < -0.39 is 0 Å². The molecule has 11 heteroatoms. The fraction of sp³-hybridized carbons (Fsp3) is 0.464. The Morgan fingerprint density at radius 1 is 1.03 bits per heavy atom. The van der Waals surface area contributed by atoms with E-state index >= 15 is 0 Å². The van der Waals surface area contributed by atoms with Gasteiger partial charge in [0.15, 0.2) is 0 Å². The zero-order valence-corrected chi connectivity index (χ0v) is 23.2. The van der Waals surface area contributed by atoms with Crippen LogP contribution in [0, 0.1) is 11.3 Å². The molecule has 1 atom stereocenters. The van der Waals surface area contributed by atoms with Crippen molar-refractivity contribution in [2.45, 2.75) is 65.0 Å². The fourth-order valence-corrected chi connectivity index (χ4v) is 5.82. The zero-order valence-electron chi connectivity index (χ0n) is 22.4. The highest BCUT2D eigenvalue weighted by molar-refractivity contribution is 6.30. The van der Waals surface area contributed by atoms with Crippen LogP contribution in [0.5, 0.6) is 5.75 Å². The van der Waals surface area contributed by atoms with Gasteiger partial charge in [-0.1, -0.05) is 43.5 Å². The number of urea groups is 1. The average molecular weight is 552 g/mol. The number of nitrogens with zero attached hydrogens (tertiary/aromatic N) is 4. The van der Waals surface area contributed by atoms with E-state index in [4.69, 9.17) is 16.3 Å². The van der Waals surface area contributed by atoms with Crippen LogP contribution in [0.25, 0.3) is 0 Å². The molecule has 3 amide bonds. The predicted octanol–water partition coefficient (Wildman–Crippen LogP) is 6.07. The normalized spacial score (nSPS) is 20.9. The maximum absolute atomic E-state index is 13.9. The number of aromatic nitrogens is 4. The summed E-state index contributed by atoms with van der Waals surface area (Å²) in [6.07, 6.45) is 4.69. The average Bonchev–Trinajstić information content (AvgIpc) is 3.43. The van der Waals surface area contributed by atoms with Crippen molar-refractivity contribution < 1.29 is 14.3 Å². The van der Waals surface area contributed by atoms with Gasteiger partial charge in [-0.15, -0.1) is 5.10 Å². The molecule has 206 valence electrons. The Labute approximate surface area is 232 Å². The molecule has 2 heterocycles. The molecule has 5 rings (SSSR count). The number of anilines is 2. The number of ether oxygens (including phenoxy) is 1. The lowest BCUT2D eigenvalue weighted by atomic mass is 9.71. The number of hydrogen-bond donors (Lipinski definition) is 3. The number of hydrogen-bond acceptors (Lipinski definition) is 6. The highest BCUT2D eigenvalue weighted by Gasteiger charge is 2.39. The molecule has 1 saturated carbocycles. The van der Waals surface area contributed by atoms with Crippen molar-refractivity contribution in [2.75, 3.05) is 17.2 Å². The Kier molecular flexibility index (Phi) is 7.74. The van der Waals surface area contributed by atoms with Crippen molar-refractivity contribution in [2.24, 2.45) is 11.3 Å². The minimum absolute atomic E-state index is 0.0902. The van der Waals surface area contributed by atoms with Crippen LogP contribution < -0.4 is 15.4 Å². The van der Waals surface area contributed by atoms with E-state index in [2.05, 4.69) is 52.0 Å². The lowest BCUT2D eigenvalue weighted by Crippen LogP contribution is -2.48. The predicted molar refractivity (Wildman–Crippen MR) is 149 cm³/mol. The third-order valence-corrected chi connectivity index (χ3v) is 8.09. The van der Waals surface area contributed by atoms with Gasteiger partial charge in [0, 0.05) is 34.3 Å². The highest BCUT2D eigenvalue weighted by Crippen LogP contribution is 2.44. The first-order valence-corrected chi connectivity index (χ1v) is 13.7. The number of rotatable bonds is 5. The topological polar surface area (TPSA) is 125 Å². The smallest absolute Gasteiger partial charge is 0.322 e. The van der Waals surface area contributed by atoms with E-state index in [9.17, 15) is 9.59 Å². The Hall–Kier alpha value is -3.66. The summed E-state index contributed by atoms with van der Waals surface area (Å²) in [5.74, 6) is 0.937. The lowest BCUT2D eigenvalue weighted by molar-refractivity contribution is 0.0768. The van der Waals surface area contributed by atoms with Gasteiger partial charge in [-0.2, -0.15) is 5.21 Å². The standard InChI is InChI=1S/C28H34ClN7O3/c1-28(2,3)18-5-11-21(12-6-18)36(27(38)30-20-9-7-19(29)8-10-20)23-14-15-39-24-16-17(4-13-22(23)24)25(37)31-26-32-34-35-33-26/h4,7-10,13,16,18,21,23H,5-6,11-12,14-15H2,1-3H3,(H,30,38)(H2,31,32,33,34,35,37). The molecule has 1 fully saturated rings. The number of fused-ring (bicyclic) bond motifs is 1. The van der Waals surface area contributed by atoms with Crippen LogP contribution in [-0.2, 0) is 0 Å². The maximum atomic E-state index is 13.9. The Morgan fingerprint density at radius 3 is 2.44 bits per heavy atom. The minimum Gasteiger partial charge on any atom is -0.493 e. The molecule has 1 unspecified atom stereocenters. The first-order chi connectivity index (χ1) is 18.7. The summed E-state index contributed by atoms with van der Waals surface area (Å²) in [5.41, 5.74) is 2.23. The van der Waals surface area contributed by atoms with E-state index in [1.807, 2.05) is 23.1 Å². The third-order valence-electron chi connectivity index (χ3n) is 7.83. The molecule has 0 radical (unpaired) electrons. The third kappa shape index (κ3) is 6.16. The number of benzene rings is 2. The second kappa shape index (κ2) is 11.2. The van der Waals surface area contributed by atoms with E-state index in [-0.39, 0.29) is 35.4 Å². The van der Waals surface area contributed by atoms with Gasteiger partial charge in [-0.3, -0.25) is 10.1 Å². The lowest BCUT2D eigenvalue weighted by Gasteiger charge is -2.45. The van der Waals surface area contributed by atoms with Crippen molar-refractivity contribution in [3.05, 3.63) is 58.6 Å². The molecule has 3 N–H and O–H groups in total. The SMILES string of the molecule is CC(C)(C)C1CCC(N(C(=O)Nc2ccc(Cl)cc2)C2CCOc3cc(C(=O)Nc4nn[nH]n4)ccc32)CC1. The van der Waals surface area contributed by atoms with Gasteiger partial charge in [0.05, 0.1) is 12.6 Å². The number of carbonyl (C=O) groups is 2. The Morgan fingerprint density at radius 2 is 1.77 bits per heavy atom. The van der Waals surface area contributed by atoms with E-state index in [1.54, 1.807) is 24.3 Å². The van der Waals surface area contributed by atoms with E-state index in [0.717, 1.165) is 31.2 Å². The molecule has 0 bridgehead atoms. The molecule has 3 aromatic rings. The molecule has 0 spiro atoms. The molecule has 1 aromatic heterocycles. The number of aromatic amines is 1. The molecule has 1 aliphatic heterocycles. The van der Waals surface area contributed by atoms with Gasteiger partial charge in [0.25, 0.3) is 11.9 Å². The fourth-order valence-electron chi connectivity index (χ4n) is 5.69. The summed E-state index contributed by atoms with van der Waals surface area (Å²) in [6, 6.07) is 12.2. The summed E-state index contributed by atoms with van der Waals surface area (Å²) >= 11 is 6.06. The van der Waals surface area contributed by atoms with Crippen molar-refractivity contribution in [3.8, 4) is 5.75 Å². The van der Waals surface area contributed by atoms with Crippen LogP contribution >= 0.6 is 11.6 Å². The first kappa shape index (κ1) is 26.9. The quantitative estimate of drug-likeness (QED) is 0.353. The van der Waals surface area contributed by atoms with Gasteiger partial charge in [-0.05, 0) is 78.6 Å². The van der Waals surface area contributed by atoms with Crippen LogP contribution in [-0.4, -0.2) is 50.1 Å². The van der Waals surface area contributed by atoms with E-state index in [0.29, 0.717) is 41.0 Å². The molecule has 2 aromatic carbocycles. The molecule has 1 aliphatic carbocycles. The van der Waals surface area contributed by atoms with Gasteiger partial charge in [0.2, 0.25) is 0 Å². The number of tetrazole rings is 1. The number of carbonyl (C=O) groups excluding carboxylic acids is 2. The Bertz CT molecular complexity index is 1300. The van der Waals surface area contributed by atoms with Crippen LogP contribution in [0.2, 0.25) is 5.02 Å². The van der Waals surface area contributed by atoms with Crippen LogP contribution in [0.15, 0.2) is 42.5 Å². The van der Waals surface area contributed by atoms with Crippen LogP contribution in [0.3, 0.4) is 0 Å². The summed E-state index contributed by atoms with van der Waals surface area (Å²) in [7, 11) is 0. The van der Waals surface area contributed by atoms with Gasteiger partial charge >= 0.3 is 6.03 Å². The molecular weight excluding hydrogens is 518 g/mol. The zero-order chi connectivity index (χ0) is 27.6. The van der Waals surface area contributed by atoms with Crippen molar-refractivity contribution in [1.82, 2.24) is 25.5 Å². The van der Waals surface area contributed by atoms with Gasteiger partial charge in [-0.25, -0.2) is 4.79 Å². The Balaban J connectivity index is 1.41. The molecular formula is C28H34ClN7O3. The first-order valence-electron chi connectivity index (χ1n) is 13.4. The minimum atomic E-state index is -0.372. The van der Waals surface area contributed by atoms with Gasteiger partial charge in [0.1, 0.15) is 5.75 Å². The number of H-pyrrole nitrogens is 1. The monoisotopic (exact) mass is 551 g/mol. The number of amides is 3. The summed E-state index contributed by atoms with van der Waals surface area (Å²) in [5, 5.41) is 19.6. The van der Waals surface area contributed by atoms with Crippen LogP contribution in [0.1, 0.15) is 74.8 Å². The summed E-state index contributed by atoms with van der Waals surface area (Å²) in [4.78, 5) is 28.6. The van der Waals surface area contributed by atoms with E-state index in [1.165, 1.54) is 0 Å². The number of nitrogens with one attached hydrogen (secondary N) is 3. The number of halogens is 1.